The molecule has 0 bridgehead atoms. The molecule has 0 saturated carbocycles. The van der Waals surface area contributed by atoms with E-state index in [0.717, 1.165) is 22.0 Å². The van der Waals surface area contributed by atoms with Crippen LogP contribution in [0.5, 0.6) is 0 Å². The minimum atomic E-state index is -1.35. The maximum Gasteiger partial charge on any atom is 0.253 e. The fourth-order valence-electron chi connectivity index (χ4n) is 7.86. The highest BCUT2D eigenvalue weighted by atomic mass is 16.5. The molecule has 4 heterocycles. The summed E-state index contributed by atoms with van der Waals surface area (Å²) in [5.41, 5.74) is 0.365. The Morgan fingerprint density at radius 3 is 2.40 bits per heavy atom. The van der Waals surface area contributed by atoms with Gasteiger partial charge in [0, 0.05) is 25.3 Å². The SMILES string of the molecule is CC(C)C[C@H](CO)N1C(=O)[C@@H]2[C@H]3C(=O)N(Cc4ccccc4)CC=C[C@H]3O[C@@]23C=CCN(c2ccc4ccccc4c2)C(=O)C13. The van der Waals surface area contributed by atoms with Gasteiger partial charge in [-0.05, 0) is 40.8 Å². The summed E-state index contributed by atoms with van der Waals surface area (Å²) in [5, 5.41) is 12.7. The molecule has 8 nitrogen and oxygen atoms in total. The Labute approximate surface area is 263 Å². The summed E-state index contributed by atoms with van der Waals surface area (Å²) in [6, 6.07) is 22.1. The van der Waals surface area contributed by atoms with Crippen LogP contribution in [0.1, 0.15) is 25.8 Å². The van der Waals surface area contributed by atoms with E-state index in [1.807, 2.05) is 111 Å². The average molecular weight is 606 g/mol. The van der Waals surface area contributed by atoms with Gasteiger partial charge in [-0.15, -0.1) is 0 Å². The molecule has 2 saturated heterocycles. The lowest BCUT2D eigenvalue weighted by Crippen LogP contribution is -2.58. The standard InChI is InChI=1S/C37H39N3O5/c1-24(2)20-29(23-41)40-33-36(44)39(28-16-15-26-12-6-7-13-27(26)21-28)19-9-17-37(33)32(35(40)43)31-30(45-37)14-8-18-38(34(31)42)22-25-10-4-3-5-11-25/h3-17,21,24,29-33,41H,18-20,22-23H2,1-2H3/t29-,30-,31+,32+,33?,37+/m1/s1. The van der Waals surface area contributed by atoms with Crippen LogP contribution in [0.25, 0.3) is 10.8 Å². The molecule has 1 N–H and O–H groups in total. The van der Waals surface area contributed by atoms with Gasteiger partial charge < -0.3 is 24.5 Å². The maximum atomic E-state index is 14.8. The van der Waals surface area contributed by atoms with Crippen LogP contribution in [0.3, 0.4) is 0 Å². The van der Waals surface area contributed by atoms with E-state index in [1.165, 1.54) is 0 Å². The van der Waals surface area contributed by atoms with Gasteiger partial charge in [0.25, 0.3) is 5.91 Å². The Balaban J connectivity index is 1.31. The summed E-state index contributed by atoms with van der Waals surface area (Å²) in [5.74, 6) is -2.28. The molecule has 6 atom stereocenters. The highest BCUT2D eigenvalue weighted by Gasteiger charge is 2.72. The second-order valence-electron chi connectivity index (χ2n) is 13.1. The molecular weight excluding hydrogens is 566 g/mol. The zero-order chi connectivity index (χ0) is 31.3. The first-order valence-corrected chi connectivity index (χ1v) is 15.9. The summed E-state index contributed by atoms with van der Waals surface area (Å²) in [6.45, 7) is 4.87. The lowest BCUT2D eigenvalue weighted by Gasteiger charge is -2.39. The van der Waals surface area contributed by atoms with Crippen LogP contribution in [0.2, 0.25) is 0 Å². The van der Waals surface area contributed by atoms with Crippen molar-refractivity contribution in [3.05, 3.63) is 103 Å². The van der Waals surface area contributed by atoms with Crippen molar-refractivity contribution in [3.8, 4) is 0 Å². The molecule has 0 aromatic heterocycles. The van der Waals surface area contributed by atoms with E-state index in [2.05, 4.69) is 0 Å². The number of rotatable bonds is 7. The topological polar surface area (TPSA) is 90.4 Å². The third-order valence-corrected chi connectivity index (χ3v) is 9.79. The van der Waals surface area contributed by atoms with Crippen LogP contribution in [0.15, 0.2) is 97.1 Å². The summed E-state index contributed by atoms with van der Waals surface area (Å²) in [7, 11) is 0. The lowest BCUT2D eigenvalue weighted by atomic mass is 9.77. The van der Waals surface area contributed by atoms with E-state index in [4.69, 9.17) is 4.74 Å². The van der Waals surface area contributed by atoms with Gasteiger partial charge in [0.05, 0.1) is 30.6 Å². The molecule has 8 heteroatoms. The predicted octanol–water partition coefficient (Wildman–Crippen LogP) is 4.33. The minimum absolute atomic E-state index is 0.162. The van der Waals surface area contributed by atoms with Crippen molar-refractivity contribution in [1.29, 1.82) is 0 Å². The number of ether oxygens (including phenoxy) is 1. The molecule has 232 valence electrons. The molecular formula is C37H39N3O5. The largest absolute Gasteiger partial charge is 0.394 e. The second kappa shape index (κ2) is 11.6. The van der Waals surface area contributed by atoms with Gasteiger partial charge in [0.1, 0.15) is 11.6 Å². The maximum absolute atomic E-state index is 14.8. The number of fused-ring (bicyclic) bond motifs is 3. The number of aliphatic hydroxyl groups excluding tert-OH is 1. The molecule has 4 aliphatic rings. The highest BCUT2D eigenvalue weighted by molar-refractivity contribution is 6.06. The van der Waals surface area contributed by atoms with Crippen LogP contribution in [0.4, 0.5) is 5.69 Å². The number of hydrogen-bond donors (Lipinski definition) is 1. The van der Waals surface area contributed by atoms with E-state index >= 15 is 0 Å². The number of amides is 3. The zero-order valence-electron chi connectivity index (χ0n) is 25.7. The monoisotopic (exact) mass is 605 g/mol. The van der Waals surface area contributed by atoms with Gasteiger partial charge in [-0.3, -0.25) is 14.4 Å². The normalized spacial score (nSPS) is 28.4. The minimum Gasteiger partial charge on any atom is -0.394 e. The fraction of sp³-hybridized carbons (Fsp3) is 0.378. The van der Waals surface area contributed by atoms with E-state index in [9.17, 15) is 19.5 Å². The molecule has 4 aliphatic heterocycles. The van der Waals surface area contributed by atoms with Gasteiger partial charge in [0.15, 0.2) is 0 Å². The van der Waals surface area contributed by atoms with Crippen molar-refractivity contribution in [1.82, 2.24) is 9.80 Å². The first kappa shape index (κ1) is 29.4. The van der Waals surface area contributed by atoms with E-state index in [0.29, 0.717) is 26.1 Å². The molecule has 1 spiro atoms. The Morgan fingerprint density at radius 2 is 1.64 bits per heavy atom. The summed E-state index contributed by atoms with van der Waals surface area (Å²) in [6.07, 6.45) is 7.43. The number of aliphatic hydroxyl groups is 1. The zero-order valence-corrected chi connectivity index (χ0v) is 25.7. The first-order chi connectivity index (χ1) is 21.8. The van der Waals surface area contributed by atoms with Gasteiger partial charge in [0.2, 0.25) is 11.8 Å². The van der Waals surface area contributed by atoms with E-state index < -0.39 is 35.6 Å². The number of benzene rings is 3. The average Bonchev–Trinajstić information content (AvgIpc) is 3.37. The van der Waals surface area contributed by atoms with Crippen LogP contribution in [0, 0.1) is 17.8 Å². The van der Waals surface area contributed by atoms with Crippen LogP contribution in [-0.2, 0) is 25.7 Å². The molecule has 7 rings (SSSR count). The lowest BCUT2D eigenvalue weighted by molar-refractivity contribution is -0.147. The van der Waals surface area contributed by atoms with Crippen molar-refractivity contribution < 1.29 is 24.2 Å². The third kappa shape index (κ3) is 4.87. The van der Waals surface area contributed by atoms with E-state index in [-0.39, 0.29) is 30.2 Å². The predicted molar refractivity (Wildman–Crippen MR) is 172 cm³/mol. The second-order valence-corrected chi connectivity index (χ2v) is 13.1. The molecule has 0 radical (unpaired) electrons. The van der Waals surface area contributed by atoms with Crippen LogP contribution < -0.4 is 4.90 Å². The third-order valence-electron chi connectivity index (χ3n) is 9.79. The summed E-state index contributed by atoms with van der Waals surface area (Å²) < 4.78 is 6.82. The number of carbonyl (C=O) groups excluding carboxylic acids is 3. The van der Waals surface area contributed by atoms with E-state index in [1.54, 1.807) is 14.7 Å². The quantitative estimate of drug-likeness (QED) is 0.405. The van der Waals surface area contributed by atoms with Gasteiger partial charge >= 0.3 is 0 Å². The van der Waals surface area contributed by atoms with Gasteiger partial charge in [-0.2, -0.15) is 0 Å². The van der Waals surface area contributed by atoms with Crippen molar-refractivity contribution in [3.63, 3.8) is 0 Å². The van der Waals surface area contributed by atoms with Crippen LogP contribution >= 0.6 is 0 Å². The van der Waals surface area contributed by atoms with Gasteiger partial charge in [-0.25, -0.2) is 0 Å². The van der Waals surface area contributed by atoms with Crippen molar-refractivity contribution in [2.24, 2.45) is 17.8 Å². The number of hydrogen-bond acceptors (Lipinski definition) is 5. The highest BCUT2D eigenvalue weighted by Crippen LogP contribution is 2.54. The fourth-order valence-corrected chi connectivity index (χ4v) is 7.86. The summed E-state index contributed by atoms with van der Waals surface area (Å²) in [4.78, 5) is 49.0. The molecule has 0 aliphatic carbocycles. The molecule has 2 fully saturated rings. The van der Waals surface area contributed by atoms with Crippen LogP contribution in [-0.4, -0.2) is 76.1 Å². The molecule has 45 heavy (non-hydrogen) atoms. The number of likely N-dealkylation sites (tertiary alicyclic amines) is 1. The molecule has 1 unspecified atom stereocenters. The Morgan fingerprint density at radius 1 is 0.889 bits per heavy atom. The summed E-state index contributed by atoms with van der Waals surface area (Å²) >= 11 is 0. The van der Waals surface area contributed by atoms with Crippen molar-refractivity contribution in [2.75, 3.05) is 24.6 Å². The molecule has 3 aromatic carbocycles. The number of carbonyl (C=O) groups is 3. The van der Waals surface area contributed by atoms with Crippen molar-refractivity contribution in [2.45, 2.75) is 50.6 Å². The van der Waals surface area contributed by atoms with Gasteiger partial charge in [-0.1, -0.05) is 98.8 Å². The Kier molecular flexibility index (Phi) is 7.58. The van der Waals surface area contributed by atoms with Crippen molar-refractivity contribution >= 4 is 34.2 Å². The first-order valence-electron chi connectivity index (χ1n) is 15.9. The Hall–Kier alpha value is -4.27. The number of nitrogens with zero attached hydrogens (tertiary/aromatic N) is 3. The Bertz CT molecular complexity index is 1690. The number of anilines is 1. The smallest absolute Gasteiger partial charge is 0.253 e. The molecule has 3 amide bonds. The molecule has 3 aromatic rings.